The van der Waals surface area contributed by atoms with Gasteiger partial charge in [0.2, 0.25) is 0 Å². The van der Waals surface area contributed by atoms with Crippen LogP contribution in [0, 0.1) is 6.92 Å². The number of benzene rings is 1. The molecule has 0 unspecified atom stereocenters. The summed E-state index contributed by atoms with van der Waals surface area (Å²) < 4.78 is 11.8. The predicted molar refractivity (Wildman–Crippen MR) is 112 cm³/mol. The molecular formula is C23H23N5O2. The molecule has 0 amide bonds. The number of aryl methyl sites for hydroxylation is 1. The van der Waals surface area contributed by atoms with Crippen molar-refractivity contribution in [3.8, 4) is 5.75 Å². The summed E-state index contributed by atoms with van der Waals surface area (Å²) in [5.41, 5.74) is 5.07. The van der Waals surface area contributed by atoms with E-state index in [4.69, 9.17) is 14.1 Å². The van der Waals surface area contributed by atoms with E-state index in [2.05, 4.69) is 45.0 Å². The molecule has 1 aliphatic carbocycles. The molecule has 7 nitrogen and oxygen atoms in total. The average molecular weight is 401 g/mol. The highest BCUT2D eigenvalue weighted by atomic mass is 16.5. The molecule has 0 saturated heterocycles. The molecule has 0 bridgehead atoms. The van der Waals surface area contributed by atoms with Gasteiger partial charge >= 0.3 is 0 Å². The Balaban J connectivity index is 1.29. The van der Waals surface area contributed by atoms with Crippen LogP contribution in [0.15, 0.2) is 40.0 Å². The van der Waals surface area contributed by atoms with Crippen molar-refractivity contribution >= 4 is 11.5 Å². The van der Waals surface area contributed by atoms with Crippen molar-refractivity contribution in [2.45, 2.75) is 51.8 Å². The van der Waals surface area contributed by atoms with Gasteiger partial charge in [-0.2, -0.15) is 0 Å². The minimum Gasteiger partial charge on any atom is -0.488 e. The van der Waals surface area contributed by atoms with Crippen molar-refractivity contribution in [2.75, 3.05) is 11.4 Å². The Morgan fingerprint density at radius 3 is 2.93 bits per heavy atom. The van der Waals surface area contributed by atoms with Crippen LogP contribution >= 0.6 is 0 Å². The number of rotatable bonds is 4. The van der Waals surface area contributed by atoms with Gasteiger partial charge in [0.15, 0.2) is 5.89 Å². The van der Waals surface area contributed by atoms with Crippen molar-refractivity contribution in [3.63, 3.8) is 0 Å². The lowest BCUT2D eigenvalue weighted by Crippen LogP contribution is -2.31. The molecule has 7 heteroatoms. The van der Waals surface area contributed by atoms with Crippen LogP contribution < -0.4 is 9.64 Å². The molecule has 1 saturated carbocycles. The maximum Gasteiger partial charge on any atom is 0.191 e. The standard InChI is InChI=1S/C23H23N5O2/c1-14-27-19-12-28(8-5-20(19)29-14)21-10-18(25-13-26-21)22-17-9-16(30-23(2)6-7-23)4-3-15(17)11-24-22/h3-4,9-10,13H,5-8,11-12H2,1-2H3. The Morgan fingerprint density at radius 1 is 1.17 bits per heavy atom. The van der Waals surface area contributed by atoms with Crippen LogP contribution in [0.2, 0.25) is 0 Å². The van der Waals surface area contributed by atoms with E-state index in [0.717, 1.165) is 71.7 Å². The SMILES string of the molecule is Cc1nc2c(o1)CCN(c1cc(C3=NCc4ccc(OC5(C)CC5)cc43)ncn1)C2. The van der Waals surface area contributed by atoms with Crippen LogP contribution in [0.25, 0.3) is 0 Å². The first-order valence-corrected chi connectivity index (χ1v) is 10.5. The Morgan fingerprint density at radius 2 is 2.07 bits per heavy atom. The lowest BCUT2D eigenvalue weighted by Gasteiger charge is -2.26. The second-order valence-corrected chi connectivity index (χ2v) is 8.57. The van der Waals surface area contributed by atoms with Gasteiger partial charge in [0.1, 0.15) is 34.9 Å². The van der Waals surface area contributed by atoms with Gasteiger partial charge in [-0.15, -0.1) is 0 Å². The summed E-state index contributed by atoms with van der Waals surface area (Å²) in [4.78, 5) is 20.6. The summed E-state index contributed by atoms with van der Waals surface area (Å²) in [6.45, 7) is 6.27. The fourth-order valence-corrected chi connectivity index (χ4v) is 4.18. The van der Waals surface area contributed by atoms with Gasteiger partial charge in [-0.1, -0.05) is 6.07 Å². The third kappa shape index (κ3) is 3.05. The number of oxazole rings is 1. The van der Waals surface area contributed by atoms with Crippen molar-refractivity contribution in [1.82, 2.24) is 15.0 Å². The van der Waals surface area contributed by atoms with Crippen molar-refractivity contribution in [1.29, 1.82) is 0 Å². The fraction of sp³-hybridized carbons (Fsp3) is 0.391. The number of ether oxygens (including phenoxy) is 1. The van der Waals surface area contributed by atoms with Gasteiger partial charge in [0.25, 0.3) is 0 Å². The van der Waals surface area contributed by atoms with Crippen LogP contribution in [-0.2, 0) is 19.5 Å². The molecule has 2 aliphatic heterocycles. The van der Waals surface area contributed by atoms with E-state index in [-0.39, 0.29) is 5.60 Å². The molecular weight excluding hydrogens is 378 g/mol. The van der Waals surface area contributed by atoms with Gasteiger partial charge in [-0.25, -0.2) is 15.0 Å². The Labute approximate surface area is 174 Å². The molecule has 0 spiro atoms. The van der Waals surface area contributed by atoms with Crippen molar-refractivity contribution < 1.29 is 9.15 Å². The summed E-state index contributed by atoms with van der Waals surface area (Å²) in [6, 6.07) is 8.31. The van der Waals surface area contributed by atoms with Gasteiger partial charge in [-0.3, -0.25) is 4.99 Å². The molecule has 3 aromatic rings. The van der Waals surface area contributed by atoms with Crippen molar-refractivity contribution in [3.05, 3.63) is 64.8 Å². The number of fused-ring (bicyclic) bond motifs is 2. The van der Waals surface area contributed by atoms with E-state index >= 15 is 0 Å². The highest BCUT2D eigenvalue weighted by Crippen LogP contribution is 2.40. The monoisotopic (exact) mass is 401 g/mol. The molecule has 0 radical (unpaired) electrons. The average Bonchev–Trinajstić information content (AvgIpc) is 3.16. The largest absolute Gasteiger partial charge is 0.488 e. The van der Waals surface area contributed by atoms with Gasteiger partial charge < -0.3 is 14.1 Å². The predicted octanol–water partition coefficient (Wildman–Crippen LogP) is 3.62. The van der Waals surface area contributed by atoms with E-state index in [1.165, 1.54) is 5.56 Å². The minimum atomic E-state index is -0.00117. The van der Waals surface area contributed by atoms with Gasteiger partial charge in [0.05, 0.1) is 24.5 Å². The third-order valence-electron chi connectivity index (χ3n) is 6.12. The van der Waals surface area contributed by atoms with E-state index in [0.29, 0.717) is 13.1 Å². The van der Waals surface area contributed by atoms with E-state index in [1.54, 1.807) is 6.33 Å². The first kappa shape index (κ1) is 17.6. The lowest BCUT2D eigenvalue weighted by atomic mass is 10.0. The number of nitrogens with zero attached hydrogens (tertiary/aromatic N) is 5. The first-order chi connectivity index (χ1) is 14.6. The highest BCUT2D eigenvalue weighted by molar-refractivity contribution is 6.14. The van der Waals surface area contributed by atoms with Crippen LogP contribution in [0.5, 0.6) is 5.75 Å². The molecule has 0 atom stereocenters. The minimum absolute atomic E-state index is 0.00117. The summed E-state index contributed by atoms with van der Waals surface area (Å²) >= 11 is 0. The zero-order valence-corrected chi connectivity index (χ0v) is 17.2. The Hall–Kier alpha value is -3.22. The number of hydrogen-bond donors (Lipinski definition) is 0. The molecule has 3 aliphatic rings. The molecule has 1 fully saturated rings. The Kier molecular flexibility index (Phi) is 3.75. The second kappa shape index (κ2) is 6.39. The van der Waals surface area contributed by atoms with Gasteiger partial charge in [-0.05, 0) is 37.5 Å². The molecule has 152 valence electrons. The smallest absolute Gasteiger partial charge is 0.191 e. The summed E-state index contributed by atoms with van der Waals surface area (Å²) in [5, 5.41) is 0. The zero-order valence-electron chi connectivity index (χ0n) is 17.2. The van der Waals surface area contributed by atoms with Crippen LogP contribution in [0.3, 0.4) is 0 Å². The van der Waals surface area contributed by atoms with Crippen LogP contribution in [0.1, 0.15) is 53.9 Å². The normalized spacial score (nSPS) is 18.6. The van der Waals surface area contributed by atoms with Crippen LogP contribution in [-0.4, -0.2) is 32.8 Å². The lowest BCUT2D eigenvalue weighted by molar-refractivity contribution is 0.200. The first-order valence-electron chi connectivity index (χ1n) is 10.5. The van der Waals surface area contributed by atoms with E-state index in [9.17, 15) is 0 Å². The molecule has 30 heavy (non-hydrogen) atoms. The molecule has 1 aromatic carbocycles. The van der Waals surface area contributed by atoms with E-state index < -0.39 is 0 Å². The summed E-state index contributed by atoms with van der Waals surface area (Å²) in [7, 11) is 0. The van der Waals surface area contributed by atoms with Gasteiger partial charge in [0, 0.05) is 31.5 Å². The van der Waals surface area contributed by atoms with E-state index in [1.807, 2.05) is 13.0 Å². The zero-order chi connectivity index (χ0) is 20.3. The number of aromatic nitrogens is 3. The van der Waals surface area contributed by atoms with Crippen LogP contribution in [0.4, 0.5) is 5.82 Å². The topological polar surface area (TPSA) is 76.6 Å². The summed E-state index contributed by atoms with van der Waals surface area (Å²) in [5.74, 6) is 3.51. The summed E-state index contributed by atoms with van der Waals surface area (Å²) in [6.07, 6.45) is 4.69. The quantitative estimate of drug-likeness (QED) is 0.665. The number of hydrogen-bond acceptors (Lipinski definition) is 7. The Bertz CT molecular complexity index is 1180. The maximum atomic E-state index is 6.16. The fourth-order valence-electron chi connectivity index (χ4n) is 4.18. The number of anilines is 1. The van der Waals surface area contributed by atoms with Crippen molar-refractivity contribution in [2.24, 2.45) is 4.99 Å². The molecule has 4 heterocycles. The highest BCUT2D eigenvalue weighted by Gasteiger charge is 2.40. The molecule has 2 aromatic heterocycles. The number of aliphatic imine (C=N–C) groups is 1. The molecule has 0 N–H and O–H groups in total. The second-order valence-electron chi connectivity index (χ2n) is 8.57. The maximum absolute atomic E-state index is 6.16. The molecule has 6 rings (SSSR count). The third-order valence-corrected chi connectivity index (χ3v) is 6.12.